The van der Waals surface area contributed by atoms with Gasteiger partial charge in [0.1, 0.15) is 0 Å². The van der Waals surface area contributed by atoms with E-state index in [2.05, 4.69) is 4.72 Å². The molecule has 1 aromatic rings. The smallest absolute Gasteiger partial charge is 0.328 e. The number of hydrogen-bond donors (Lipinski definition) is 3. The minimum Gasteiger partial charge on any atom is -0.478 e. The Bertz CT molecular complexity index is 564. The fourth-order valence-electron chi connectivity index (χ4n) is 1.17. The third kappa shape index (κ3) is 4.66. The highest BCUT2D eigenvalue weighted by molar-refractivity contribution is 7.90. The quantitative estimate of drug-likeness (QED) is 0.689. The maximum atomic E-state index is 10.9. The lowest BCUT2D eigenvalue weighted by atomic mass is 10.1. The van der Waals surface area contributed by atoms with E-state index < -0.39 is 16.2 Å². The van der Waals surface area contributed by atoms with Crippen LogP contribution in [0.25, 0.3) is 6.08 Å². The number of carboxylic acids is 1. The number of anilines is 1. The topological polar surface area (TPSA) is 109 Å². The predicted octanol–water partition coefficient (Wildman–Crippen LogP) is 0.708. The van der Waals surface area contributed by atoms with E-state index in [9.17, 15) is 13.2 Å². The van der Waals surface area contributed by atoms with E-state index in [0.717, 1.165) is 6.08 Å². The Balaban J connectivity index is 3.06. The highest BCUT2D eigenvalue weighted by atomic mass is 32.2. The first-order valence-electron chi connectivity index (χ1n) is 4.60. The van der Waals surface area contributed by atoms with E-state index >= 15 is 0 Å². The summed E-state index contributed by atoms with van der Waals surface area (Å²) in [5.41, 5.74) is 1.57. The number of nitrogens with one attached hydrogen (secondary N) is 1. The number of benzene rings is 1. The molecule has 1 rings (SSSR count). The van der Waals surface area contributed by atoms with Crippen LogP contribution in [-0.4, -0.2) is 19.5 Å². The summed E-state index contributed by atoms with van der Waals surface area (Å²) in [5.74, 6) is -1.08. The van der Waals surface area contributed by atoms with E-state index in [0.29, 0.717) is 16.8 Å². The summed E-state index contributed by atoms with van der Waals surface area (Å²) < 4.78 is 23.9. The van der Waals surface area contributed by atoms with Crippen molar-refractivity contribution in [2.75, 3.05) is 4.72 Å². The SMILES string of the molecule is Cc1ccc(/C=C/C(=O)O)cc1NS(N)(=O)=O. The molecular formula is C10H12N2O4S. The van der Waals surface area contributed by atoms with Gasteiger partial charge in [0.2, 0.25) is 0 Å². The maximum absolute atomic E-state index is 10.9. The first kappa shape index (κ1) is 13.2. The first-order valence-corrected chi connectivity index (χ1v) is 6.15. The Labute approximate surface area is 98.9 Å². The molecule has 6 nitrogen and oxygen atoms in total. The molecule has 0 heterocycles. The van der Waals surface area contributed by atoms with Crippen LogP contribution in [0.15, 0.2) is 24.3 Å². The van der Waals surface area contributed by atoms with Crippen molar-refractivity contribution in [1.29, 1.82) is 0 Å². The summed E-state index contributed by atoms with van der Waals surface area (Å²) in [4.78, 5) is 10.3. The van der Waals surface area contributed by atoms with Crippen molar-refractivity contribution in [3.05, 3.63) is 35.4 Å². The van der Waals surface area contributed by atoms with Crippen molar-refractivity contribution >= 4 is 27.9 Å². The van der Waals surface area contributed by atoms with Gasteiger partial charge < -0.3 is 5.11 Å². The molecule has 0 aromatic heterocycles. The summed E-state index contributed by atoms with van der Waals surface area (Å²) >= 11 is 0. The van der Waals surface area contributed by atoms with E-state index in [1.165, 1.54) is 12.1 Å². The molecule has 92 valence electrons. The second-order valence-corrected chi connectivity index (χ2v) is 4.69. The van der Waals surface area contributed by atoms with Crippen molar-refractivity contribution < 1.29 is 18.3 Å². The summed E-state index contributed by atoms with van der Waals surface area (Å²) in [7, 11) is -3.84. The number of carbonyl (C=O) groups is 1. The second-order valence-electron chi connectivity index (χ2n) is 3.39. The predicted molar refractivity (Wildman–Crippen MR) is 64.6 cm³/mol. The lowest BCUT2D eigenvalue weighted by Crippen LogP contribution is -2.22. The standard InChI is InChI=1S/C10H12N2O4S/c1-7-2-3-8(4-5-10(13)14)6-9(7)12-17(11,15)16/h2-6,12H,1H3,(H,13,14)(H2,11,15,16)/b5-4+. The van der Waals surface area contributed by atoms with Crippen molar-refractivity contribution in [2.45, 2.75) is 6.92 Å². The number of aryl methyl sites for hydroxylation is 1. The minimum atomic E-state index is -3.84. The second kappa shape index (κ2) is 4.98. The Morgan fingerprint density at radius 3 is 2.65 bits per heavy atom. The minimum absolute atomic E-state index is 0.319. The van der Waals surface area contributed by atoms with Gasteiger partial charge >= 0.3 is 5.97 Å². The van der Waals surface area contributed by atoms with Gasteiger partial charge in [-0.15, -0.1) is 0 Å². The van der Waals surface area contributed by atoms with Crippen LogP contribution >= 0.6 is 0 Å². The van der Waals surface area contributed by atoms with Crippen LogP contribution in [0, 0.1) is 6.92 Å². The number of rotatable bonds is 4. The summed E-state index contributed by atoms with van der Waals surface area (Å²) in [6, 6.07) is 4.83. The average Bonchev–Trinajstić information content (AvgIpc) is 2.17. The molecular weight excluding hydrogens is 244 g/mol. The number of aliphatic carboxylic acids is 1. The molecule has 0 aliphatic rings. The Morgan fingerprint density at radius 2 is 2.12 bits per heavy atom. The van der Waals surface area contributed by atoms with Crippen LogP contribution in [0.2, 0.25) is 0 Å². The molecule has 1 aromatic carbocycles. The van der Waals surface area contributed by atoms with Gasteiger partial charge in [0.25, 0.3) is 10.2 Å². The molecule has 0 radical (unpaired) electrons. The van der Waals surface area contributed by atoms with Crippen LogP contribution in [0.3, 0.4) is 0 Å². The number of hydrogen-bond acceptors (Lipinski definition) is 3. The Kier molecular flexibility index (Phi) is 3.87. The molecule has 0 amide bonds. The third-order valence-corrected chi connectivity index (χ3v) is 2.44. The van der Waals surface area contributed by atoms with Gasteiger partial charge in [-0.1, -0.05) is 12.1 Å². The molecule has 0 spiro atoms. The molecule has 0 fully saturated rings. The van der Waals surface area contributed by atoms with Crippen LogP contribution in [0.1, 0.15) is 11.1 Å². The molecule has 0 unspecified atom stereocenters. The monoisotopic (exact) mass is 256 g/mol. The molecule has 4 N–H and O–H groups in total. The molecule has 0 aliphatic heterocycles. The zero-order valence-corrected chi connectivity index (χ0v) is 9.86. The van der Waals surface area contributed by atoms with E-state index in [4.69, 9.17) is 10.2 Å². The zero-order chi connectivity index (χ0) is 13.1. The van der Waals surface area contributed by atoms with Gasteiger partial charge in [-0.25, -0.2) is 9.93 Å². The van der Waals surface area contributed by atoms with Gasteiger partial charge in [0.05, 0.1) is 5.69 Å². The van der Waals surface area contributed by atoms with E-state index in [1.54, 1.807) is 19.1 Å². The zero-order valence-electron chi connectivity index (χ0n) is 9.04. The van der Waals surface area contributed by atoms with Crippen LogP contribution in [0.5, 0.6) is 0 Å². The molecule has 0 aliphatic carbocycles. The van der Waals surface area contributed by atoms with E-state index in [1.807, 2.05) is 0 Å². The highest BCUT2D eigenvalue weighted by Gasteiger charge is 2.05. The molecule has 0 saturated carbocycles. The number of carboxylic acid groups (broad SMARTS) is 1. The normalized spacial score (nSPS) is 11.6. The summed E-state index contributed by atoms with van der Waals surface area (Å²) in [5, 5.41) is 13.3. The molecule has 7 heteroatoms. The fourth-order valence-corrected chi connectivity index (χ4v) is 1.70. The van der Waals surface area contributed by atoms with Gasteiger partial charge in [0, 0.05) is 6.08 Å². The Morgan fingerprint density at radius 1 is 1.47 bits per heavy atom. The van der Waals surface area contributed by atoms with Gasteiger partial charge in [-0.3, -0.25) is 4.72 Å². The highest BCUT2D eigenvalue weighted by Crippen LogP contribution is 2.18. The van der Waals surface area contributed by atoms with Crippen molar-refractivity contribution in [3.63, 3.8) is 0 Å². The van der Waals surface area contributed by atoms with Crippen molar-refractivity contribution in [2.24, 2.45) is 5.14 Å². The average molecular weight is 256 g/mol. The van der Waals surface area contributed by atoms with Gasteiger partial charge in [-0.2, -0.15) is 8.42 Å². The van der Waals surface area contributed by atoms with Crippen LogP contribution in [0.4, 0.5) is 5.69 Å². The maximum Gasteiger partial charge on any atom is 0.328 e. The van der Waals surface area contributed by atoms with Gasteiger partial charge in [-0.05, 0) is 30.2 Å². The molecule has 0 atom stereocenters. The molecule has 0 saturated heterocycles. The van der Waals surface area contributed by atoms with Gasteiger partial charge in [0.15, 0.2) is 0 Å². The van der Waals surface area contributed by atoms with Crippen LogP contribution in [-0.2, 0) is 15.0 Å². The molecule has 0 bridgehead atoms. The van der Waals surface area contributed by atoms with E-state index in [-0.39, 0.29) is 0 Å². The Hall–Kier alpha value is -1.86. The van der Waals surface area contributed by atoms with Crippen LogP contribution < -0.4 is 9.86 Å². The summed E-state index contributed by atoms with van der Waals surface area (Å²) in [6.07, 6.45) is 2.32. The lowest BCUT2D eigenvalue weighted by molar-refractivity contribution is -0.131. The van der Waals surface area contributed by atoms with Crippen molar-refractivity contribution in [1.82, 2.24) is 0 Å². The third-order valence-electron chi connectivity index (χ3n) is 1.93. The van der Waals surface area contributed by atoms with Crippen molar-refractivity contribution in [3.8, 4) is 0 Å². The number of nitrogens with two attached hydrogens (primary N) is 1. The molecule has 17 heavy (non-hydrogen) atoms. The fraction of sp³-hybridized carbons (Fsp3) is 0.100. The lowest BCUT2D eigenvalue weighted by Gasteiger charge is -2.07. The first-order chi connectivity index (χ1) is 7.78. The largest absolute Gasteiger partial charge is 0.478 e. The summed E-state index contributed by atoms with van der Waals surface area (Å²) in [6.45, 7) is 1.71.